The van der Waals surface area contributed by atoms with Crippen molar-refractivity contribution in [3.8, 4) is 0 Å². The maximum absolute atomic E-state index is 11.3. The van der Waals surface area contributed by atoms with Crippen LogP contribution in [0.15, 0.2) is 18.5 Å². The molecule has 0 N–H and O–H groups in total. The van der Waals surface area contributed by atoms with Gasteiger partial charge in [-0.3, -0.25) is 4.79 Å². The number of aromatic nitrogens is 2. The number of anilines is 1. The van der Waals surface area contributed by atoms with E-state index >= 15 is 0 Å². The molecule has 3 rings (SSSR count). The summed E-state index contributed by atoms with van der Waals surface area (Å²) in [5.41, 5.74) is 0. The van der Waals surface area contributed by atoms with E-state index < -0.39 is 0 Å². The van der Waals surface area contributed by atoms with Crippen LogP contribution in [0.5, 0.6) is 0 Å². The van der Waals surface area contributed by atoms with Crippen molar-refractivity contribution in [2.75, 3.05) is 31.1 Å². The molecule has 90 valence electrons. The summed E-state index contributed by atoms with van der Waals surface area (Å²) in [7, 11) is 0. The zero-order valence-electron chi connectivity index (χ0n) is 9.91. The largest absolute Gasteiger partial charge is 0.342 e. The van der Waals surface area contributed by atoms with Gasteiger partial charge in [-0.1, -0.05) is 0 Å². The van der Waals surface area contributed by atoms with Crippen molar-refractivity contribution in [1.29, 1.82) is 0 Å². The summed E-state index contributed by atoms with van der Waals surface area (Å²) in [6.07, 6.45) is 3.55. The molecule has 17 heavy (non-hydrogen) atoms. The first-order valence-corrected chi connectivity index (χ1v) is 6.01. The molecule has 2 aliphatic rings. The van der Waals surface area contributed by atoms with Gasteiger partial charge in [-0.25, -0.2) is 9.97 Å². The molecule has 2 saturated heterocycles. The lowest BCUT2D eigenvalue weighted by molar-refractivity contribution is -0.128. The highest BCUT2D eigenvalue weighted by Crippen LogP contribution is 2.32. The molecule has 1 amide bonds. The molecule has 0 aromatic carbocycles. The molecule has 5 heteroatoms. The Bertz CT molecular complexity index is 408. The number of fused-ring (bicyclic) bond motifs is 1. The number of carbonyl (C=O) groups excluding carboxylic acids is 1. The van der Waals surface area contributed by atoms with E-state index in [-0.39, 0.29) is 5.91 Å². The summed E-state index contributed by atoms with van der Waals surface area (Å²) in [5.74, 6) is 2.18. The number of hydrogen-bond donors (Lipinski definition) is 0. The lowest BCUT2D eigenvalue weighted by Gasteiger charge is -2.20. The van der Waals surface area contributed by atoms with Crippen LogP contribution < -0.4 is 4.90 Å². The van der Waals surface area contributed by atoms with Gasteiger partial charge in [-0.15, -0.1) is 0 Å². The number of rotatable bonds is 1. The number of likely N-dealkylation sites (tertiary alicyclic amines) is 1. The molecular formula is C12H16N4O. The third kappa shape index (κ3) is 1.85. The van der Waals surface area contributed by atoms with Crippen molar-refractivity contribution in [3.63, 3.8) is 0 Å². The molecule has 3 heterocycles. The van der Waals surface area contributed by atoms with Gasteiger partial charge >= 0.3 is 0 Å². The molecule has 2 aliphatic heterocycles. The highest BCUT2D eigenvalue weighted by atomic mass is 16.2. The highest BCUT2D eigenvalue weighted by molar-refractivity contribution is 5.73. The second-order valence-corrected chi connectivity index (χ2v) is 4.90. The molecule has 0 saturated carbocycles. The van der Waals surface area contributed by atoms with Gasteiger partial charge in [0.2, 0.25) is 11.9 Å². The summed E-state index contributed by atoms with van der Waals surface area (Å²) in [6, 6.07) is 1.83. The van der Waals surface area contributed by atoms with Crippen LogP contribution in [0.4, 0.5) is 5.95 Å². The molecule has 1 aromatic heterocycles. The number of hydrogen-bond acceptors (Lipinski definition) is 4. The van der Waals surface area contributed by atoms with Crippen molar-refractivity contribution in [3.05, 3.63) is 18.5 Å². The predicted octanol–water partition coefficient (Wildman–Crippen LogP) is 0.391. The van der Waals surface area contributed by atoms with Gasteiger partial charge in [-0.05, 0) is 6.07 Å². The minimum atomic E-state index is 0.196. The second kappa shape index (κ2) is 3.98. The Labute approximate surface area is 100 Å². The number of amides is 1. The standard InChI is InChI=1S/C12H16N4O/c1-9(17)15-5-10-7-16(8-11(10)6-15)12-13-3-2-4-14-12/h2-4,10-11H,5-8H2,1H3. The normalized spacial score (nSPS) is 27.4. The molecule has 0 radical (unpaired) electrons. The number of nitrogens with zero attached hydrogens (tertiary/aromatic N) is 4. The maximum atomic E-state index is 11.3. The van der Waals surface area contributed by atoms with Gasteiger partial charge in [-0.2, -0.15) is 0 Å². The predicted molar refractivity (Wildman–Crippen MR) is 63.5 cm³/mol. The molecule has 0 spiro atoms. The zero-order chi connectivity index (χ0) is 11.8. The lowest BCUT2D eigenvalue weighted by Crippen LogP contribution is -2.32. The molecule has 2 fully saturated rings. The summed E-state index contributed by atoms with van der Waals surface area (Å²) in [6.45, 7) is 5.38. The highest BCUT2D eigenvalue weighted by Gasteiger charge is 2.41. The average Bonchev–Trinajstić information content (AvgIpc) is 2.87. The first kappa shape index (κ1) is 10.5. The SMILES string of the molecule is CC(=O)N1CC2CN(c3ncccn3)CC2C1. The Morgan fingerprint density at radius 2 is 1.76 bits per heavy atom. The average molecular weight is 232 g/mol. The quantitative estimate of drug-likeness (QED) is 0.703. The van der Waals surface area contributed by atoms with E-state index in [1.54, 1.807) is 19.3 Å². The van der Waals surface area contributed by atoms with Gasteiger partial charge in [0, 0.05) is 57.3 Å². The Kier molecular flexibility index (Phi) is 2.46. The van der Waals surface area contributed by atoms with Gasteiger partial charge in [0.25, 0.3) is 0 Å². The fourth-order valence-corrected chi connectivity index (χ4v) is 2.87. The van der Waals surface area contributed by atoms with E-state index in [9.17, 15) is 4.79 Å². The van der Waals surface area contributed by atoms with Crippen LogP contribution in [0, 0.1) is 11.8 Å². The van der Waals surface area contributed by atoms with Crippen molar-refractivity contribution in [2.24, 2.45) is 11.8 Å². The summed E-state index contributed by atoms with van der Waals surface area (Å²) in [4.78, 5) is 24.1. The molecule has 0 aliphatic carbocycles. The van der Waals surface area contributed by atoms with Crippen molar-refractivity contribution in [1.82, 2.24) is 14.9 Å². The first-order chi connectivity index (χ1) is 8.24. The monoisotopic (exact) mass is 232 g/mol. The first-order valence-electron chi connectivity index (χ1n) is 6.01. The summed E-state index contributed by atoms with van der Waals surface area (Å²) < 4.78 is 0. The lowest BCUT2D eigenvalue weighted by atomic mass is 10.0. The third-order valence-electron chi connectivity index (χ3n) is 3.77. The molecule has 5 nitrogen and oxygen atoms in total. The molecule has 0 bridgehead atoms. The van der Waals surface area contributed by atoms with E-state index in [1.807, 2.05) is 11.0 Å². The summed E-state index contributed by atoms with van der Waals surface area (Å²) >= 11 is 0. The van der Waals surface area contributed by atoms with Gasteiger partial charge < -0.3 is 9.80 Å². The van der Waals surface area contributed by atoms with E-state index in [0.29, 0.717) is 11.8 Å². The molecule has 2 unspecified atom stereocenters. The van der Waals surface area contributed by atoms with Crippen molar-refractivity contribution in [2.45, 2.75) is 6.92 Å². The maximum Gasteiger partial charge on any atom is 0.225 e. The van der Waals surface area contributed by atoms with E-state index in [1.165, 1.54) is 0 Å². The zero-order valence-corrected chi connectivity index (χ0v) is 9.91. The van der Waals surface area contributed by atoms with Crippen LogP contribution in [0.2, 0.25) is 0 Å². The van der Waals surface area contributed by atoms with Crippen LogP contribution in [-0.4, -0.2) is 47.0 Å². The smallest absolute Gasteiger partial charge is 0.225 e. The third-order valence-corrected chi connectivity index (χ3v) is 3.77. The van der Waals surface area contributed by atoms with Crippen molar-refractivity contribution >= 4 is 11.9 Å². The molecule has 1 aromatic rings. The van der Waals surface area contributed by atoms with E-state index in [4.69, 9.17) is 0 Å². The van der Waals surface area contributed by atoms with E-state index in [2.05, 4.69) is 14.9 Å². The fraction of sp³-hybridized carbons (Fsp3) is 0.583. The van der Waals surface area contributed by atoms with Gasteiger partial charge in [0.05, 0.1) is 0 Å². The minimum absolute atomic E-state index is 0.196. The van der Waals surface area contributed by atoms with Crippen LogP contribution in [0.1, 0.15) is 6.92 Å². The molecular weight excluding hydrogens is 216 g/mol. The fourth-order valence-electron chi connectivity index (χ4n) is 2.87. The van der Waals surface area contributed by atoms with Crippen LogP contribution in [0.3, 0.4) is 0 Å². The molecule has 2 atom stereocenters. The number of carbonyl (C=O) groups is 1. The Hall–Kier alpha value is -1.65. The Balaban J connectivity index is 1.68. The topological polar surface area (TPSA) is 49.3 Å². The minimum Gasteiger partial charge on any atom is -0.342 e. The van der Waals surface area contributed by atoms with Gasteiger partial charge in [0.15, 0.2) is 0 Å². The van der Waals surface area contributed by atoms with Crippen LogP contribution in [-0.2, 0) is 4.79 Å². The van der Waals surface area contributed by atoms with Crippen molar-refractivity contribution < 1.29 is 4.79 Å². The second-order valence-electron chi connectivity index (χ2n) is 4.90. The van der Waals surface area contributed by atoms with E-state index in [0.717, 1.165) is 32.1 Å². The van der Waals surface area contributed by atoms with Gasteiger partial charge in [0.1, 0.15) is 0 Å². The Morgan fingerprint density at radius 3 is 2.29 bits per heavy atom. The van der Waals surface area contributed by atoms with Crippen LogP contribution >= 0.6 is 0 Å². The van der Waals surface area contributed by atoms with Crippen LogP contribution in [0.25, 0.3) is 0 Å². The summed E-state index contributed by atoms with van der Waals surface area (Å²) in [5, 5.41) is 0. The Morgan fingerprint density at radius 1 is 1.18 bits per heavy atom.